The molecular formula is C16H19N3O2S2. The second kappa shape index (κ2) is 6.59. The van der Waals surface area contributed by atoms with E-state index < -0.39 is 0 Å². The van der Waals surface area contributed by atoms with Gasteiger partial charge in [-0.2, -0.15) is 0 Å². The molecule has 23 heavy (non-hydrogen) atoms. The number of hydrogen-bond acceptors (Lipinski definition) is 6. The van der Waals surface area contributed by atoms with Crippen molar-refractivity contribution in [2.24, 2.45) is 0 Å². The number of anilines is 1. The molecular weight excluding hydrogens is 330 g/mol. The van der Waals surface area contributed by atoms with Gasteiger partial charge < -0.3 is 14.5 Å². The van der Waals surface area contributed by atoms with Gasteiger partial charge in [-0.3, -0.25) is 4.79 Å². The van der Waals surface area contributed by atoms with Crippen LogP contribution in [0.4, 0.5) is 5.13 Å². The molecule has 2 fully saturated rings. The number of carbonyl (C=O) groups excluding carboxylic acids is 1. The summed E-state index contributed by atoms with van der Waals surface area (Å²) in [7, 11) is 0. The lowest BCUT2D eigenvalue weighted by molar-refractivity contribution is 0.0751. The van der Waals surface area contributed by atoms with Gasteiger partial charge in [0.2, 0.25) is 0 Å². The smallest absolute Gasteiger partial charge is 0.264 e. The van der Waals surface area contributed by atoms with Gasteiger partial charge in [0.05, 0.1) is 11.0 Å². The highest BCUT2D eigenvalue weighted by Gasteiger charge is 2.26. The van der Waals surface area contributed by atoms with Crippen LogP contribution in [0.1, 0.15) is 33.5 Å². The van der Waals surface area contributed by atoms with Crippen molar-refractivity contribution in [3.63, 3.8) is 0 Å². The van der Waals surface area contributed by atoms with Crippen LogP contribution in [-0.2, 0) is 4.74 Å². The lowest BCUT2D eigenvalue weighted by Crippen LogP contribution is -2.48. The number of hydrogen-bond donors (Lipinski definition) is 0. The lowest BCUT2D eigenvalue weighted by atomic mass is 10.2. The van der Waals surface area contributed by atoms with Gasteiger partial charge in [-0.25, -0.2) is 4.98 Å². The molecule has 0 unspecified atom stereocenters. The van der Waals surface area contributed by atoms with Gasteiger partial charge in [0.15, 0.2) is 5.13 Å². The summed E-state index contributed by atoms with van der Waals surface area (Å²) < 4.78 is 5.71. The Balaban J connectivity index is 1.38. The Bertz CT molecular complexity index is 657. The minimum Gasteiger partial charge on any atom is -0.373 e. The number of piperazine rings is 1. The normalized spacial score (nSPS) is 21.8. The van der Waals surface area contributed by atoms with Crippen LogP contribution in [0, 0.1) is 0 Å². The SMILES string of the molecule is O=C(c1ccc([C@H]2CCCO2)s1)N1CCN(c2nccs2)CC1. The van der Waals surface area contributed by atoms with Crippen LogP contribution < -0.4 is 4.90 Å². The summed E-state index contributed by atoms with van der Waals surface area (Å²) in [5.74, 6) is 0.151. The molecule has 2 aromatic heterocycles. The number of thiophene rings is 1. The van der Waals surface area contributed by atoms with Crippen molar-refractivity contribution in [1.29, 1.82) is 0 Å². The number of rotatable bonds is 3. The molecule has 122 valence electrons. The van der Waals surface area contributed by atoms with Gasteiger partial charge in [-0.1, -0.05) is 0 Å². The van der Waals surface area contributed by atoms with Gasteiger partial charge in [0.1, 0.15) is 0 Å². The highest BCUT2D eigenvalue weighted by molar-refractivity contribution is 7.14. The third kappa shape index (κ3) is 3.13. The number of aromatic nitrogens is 1. The molecule has 0 bridgehead atoms. The Labute approximate surface area is 143 Å². The van der Waals surface area contributed by atoms with E-state index in [-0.39, 0.29) is 12.0 Å². The van der Waals surface area contributed by atoms with Crippen LogP contribution in [0.2, 0.25) is 0 Å². The molecule has 0 aliphatic carbocycles. The summed E-state index contributed by atoms with van der Waals surface area (Å²) >= 11 is 3.24. The van der Waals surface area contributed by atoms with Crippen molar-refractivity contribution in [1.82, 2.24) is 9.88 Å². The summed E-state index contributed by atoms with van der Waals surface area (Å²) in [6, 6.07) is 4.01. The third-order valence-corrected chi connectivity index (χ3v) is 6.34. The van der Waals surface area contributed by atoms with Gasteiger partial charge >= 0.3 is 0 Å². The lowest BCUT2D eigenvalue weighted by Gasteiger charge is -2.34. The van der Waals surface area contributed by atoms with Crippen LogP contribution in [0.3, 0.4) is 0 Å². The maximum absolute atomic E-state index is 12.7. The molecule has 7 heteroatoms. The van der Waals surface area contributed by atoms with E-state index in [2.05, 4.69) is 16.0 Å². The van der Waals surface area contributed by atoms with Crippen molar-refractivity contribution in [3.05, 3.63) is 33.5 Å². The van der Waals surface area contributed by atoms with Crippen molar-refractivity contribution in [3.8, 4) is 0 Å². The first-order valence-corrected chi connectivity index (χ1v) is 9.66. The molecule has 5 nitrogen and oxygen atoms in total. The summed E-state index contributed by atoms with van der Waals surface area (Å²) in [5, 5.41) is 3.04. The summed E-state index contributed by atoms with van der Waals surface area (Å²) in [6.45, 7) is 4.05. The Hall–Kier alpha value is -1.44. The molecule has 2 aliphatic heterocycles. The van der Waals surface area contributed by atoms with E-state index in [1.54, 1.807) is 22.7 Å². The van der Waals surface area contributed by atoms with Gasteiger partial charge in [0, 0.05) is 49.2 Å². The monoisotopic (exact) mass is 349 g/mol. The topological polar surface area (TPSA) is 45.7 Å². The summed E-state index contributed by atoms with van der Waals surface area (Å²) in [4.78, 5) is 23.3. The van der Waals surface area contributed by atoms with E-state index in [0.29, 0.717) is 0 Å². The van der Waals surface area contributed by atoms with Gasteiger partial charge in [-0.15, -0.1) is 22.7 Å². The molecule has 0 radical (unpaired) electrons. The quantitative estimate of drug-likeness (QED) is 0.854. The molecule has 0 aromatic carbocycles. The molecule has 1 atom stereocenters. The Kier molecular flexibility index (Phi) is 4.33. The van der Waals surface area contributed by atoms with E-state index in [0.717, 1.165) is 55.6 Å². The largest absolute Gasteiger partial charge is 0.373 e. The maximum Gasteiger partial charge on any atom is 0.264 e. The van der Waals surface area contributed by atoms with Crippen LogP contribution in [0.15, 0.2) is 23.7 Å². The fourth-order valence-corrected chi connectivity index (χ4v) is 4.83. The minimum absolute atomic E-state index is 0.151. The zero-order valence-corrected chi connectivity index (χ0v) is 14.4. The molecule has 2 saturated heterocycles. The highest BCUT2D eigenvalue weighted by Crippen LogP contribution is 2.33. The second-order valence-electron chi connectivity index (χ2n) is 5.80. The first kappa shape index (κ1) is 15.1. The Morgan fingerprint density at radius 3 is 2.83 bits per heavy atom. The average molecular weight is 349 g/mol. The fourth-order valence-electron chi connectivity index (χ4n) is 3.07. The van der Waals surface area contributed by atoms with Crippen molar-refractivity contribution < 1.29 is 9.53 Å². The average Bonchev–Trinajstić information content (AvgIpc) is 3.36. The predicted molar refractivity (Wildman–Crippen MR) is 92.5 cm³/mol. The van der Waals surface area contributed by atoms with E-state index >= 15 is 0 Å². The number of ether oxygens (including phenoxy) is 1. The first-order chi connectivity index (χ1) is 11.3. The van der Waals surface area contributed by atoms with Crippen molar-refractivity contribution in [2.45, 2.75) is 18.9 Å². The van der Waals surface area contributed by atoms with Crippen molar-refractivity contribution in [2.75, 3.05) is 37.7 Å². The van der Waals surface area contributed by atoms with E-state index in [9.17, 15) is 4.79 Å². The number of amides is 1. The zero-order valence-electron chi connectivity index (χ0n) is 12.8. The molecule has 2 aliphatic rings. The van der Waals surface area contributed by atoms with Crippen LogP contribution >= 0.6 is 22.7 Å². The zero-order chi connectivity index (χ0) is 15.6. The molecule has 4 rings (SSSR count). The Morgan fingerprint density at radius 1 is 1.26 bits per heavy atom. The third-order valence-electron chi connectivity index (χ3n) is 4.34. The maximum atomic E-state index is 12.7. The summed E-state index contributed by atoms with van der Waals surface area (Å²) in [6.07, 6.45) is 4.21. The van der Waals surface area contributed by atoms with Crippen molar-refractivity contribution >= 4 is 33.7 Å². The molecule has 4 heterocycles. The van der Waals surface area contributed by atoms with E-state index in [1.165, 1.54) is 4.88 Å². The van der Waals surface area contributed by atoms with E-state index in [4.69, 9.17) is 4.74 Å². The number of carbonyl (C=O) groups is 1. The number of thiazole rings is 1. The molecule has 0 saturated carbocycles. The predicted octanol–water partition coefficient (Wildman–Crippen LogP) is 3.02. The van der Waals surface area contributed by atoms with Crippen LogP contribution in [0.25, 0.3) is 0 Å². The minimum atomic E-state index is 0.151. The van der Waals surface area contributed by atoms with E-state index in [1.807, 2.05) is 22.5 Å². The molecule has 0 spiro atoms. The summed E-state index contributed by atoms with van der Waals surface area (Å²) in [5.41, 5.74) is 0. The second-order valence-corrected chi connectivity index (χ2v) is 7.79. The van der Waals surface area contributed by atoms with Gasteiger partial charge in [-0.05, 0) is 25.0 Å². The first-order valence-electron chi connectivity index (χ1n) is 7.96. The van der Waals surface area contributed by atoms with Gasteiger partial charge in [0.25, 0.3) is 5.91 Å². The molecule has 2 aromatic rings. The highest BCUT2D eigenvalue weighted by atomic mass is 32.1. The Morgan fingerprint density at radius 2 is 2.13 bits per heavy atom. The molecule has 0 N–H and O–H groups in total. The van der Waals surface area contributed by atoms with Crippen LogP contribution in [0.5, 0.6) is 0 Å². The van der Waals surface area contributed by atoms with Crippen LogP contribution in [-0.4, -0.2) is 48.6 Å². The standard InChI is InChI=1S/C16H19N3O2S2/c20-15(14-4-3-13(23-14)12-2-1-10-21-12)18-6-8-19(9-7-18)16-17-5-11-22-16/h3-5,11-12H,1-2,6-10H2/t12-/m1/s1. The molecule has 1 amide bonds. The fraction of sp³-hybridized carbons (Fsp3) is 0.500. The number of nitrogens with zero attached hydrogens (tertiary/aromatic N) is 3.